The van der Waals surface area contributed by atoms with E-state index in [0.717, 1.165) is 30.0 Å². The highest BCUT2D eigenvalue weighted by molar-refractivity contribution is 6.03. The van der Waals surface area contributed by atoms with Crippen LogP contribution in [0.4, 0.5) is 0 Å². The van der Waals surface area contributed by atoms with E-state index in [-0.39, 0.29) is 40.5 Å². The summed E-state index contributed by atoms with van der Waals surface area (Å²) in [6.45, 7) is 4.96. The van der Waals surface area contributed by atoms with Crippen LogP contribution in [0.2, 0.25) is 0 Å². The van der Waals surface area contributed by atoms with Crippen LogP contribution in [0.1, 0.15) is 64.6 Å². The van der Waals surface area contributed by atoms with Gasteiger partial charge in [0.1, 0.15) is 11.5 Å². The zero-order valence-electron chi connectivity index (χ0n) is 16.5. The fraction of sp³-hybridized carbons (Fsp3) is 0.364. The predicted octanol–water partition coefficient (Wildman–Crippen LogP) is 3.69. The number of hydrogen-bond acceptors (Lipinski definition) is 4. The molecular formula is C22H26N2O4. The Bertz CT molecular complexity index is 909. The third-order valence-corrected chi connectivity index (χ3v) is 5.34. The topological polar surface area (TPSA) is 81.1 Å². The summed E-state index contributed by atoms with van der Waals surface area (Å²) in [4.78, 5) is 29.0. The van der Waals surface area contributed by atoms with Crippen LogP contribution in [0.3, 0.4) is 0 Å². The number of phenolic OH excluding ortho intramolecular Hbond substituents is 2. The fourth-order valence-electron chi connectivity index (χ4n) is 3.60. The molecule has 0 bridgehead atoms. The van der Waals surface area contributed by atoms with Crippen molar-refractivity contribution in [2.75, 3.05) is 13.6 Å². The number of benzene rings is 2. The molecule has 1 aliphatic rings. The summed E-state index contributed by atoms with van der Waals surface area (Å²) in [6.07, 6.45) is 1.78. The number of nitrogens with zero attached hydrogens (tertiary/aromatic N) is 2. The number of fused-ring (bicyclic) bond motifs is 1. The third-order valence-electron chi connectivity index (χ3n) is 5.34. The zero-order valence-corrected chi connectivity index (χ0v) is 16.5. The average molecular weight is 382 g/mol. The van der Waals surface area contributed by atoms with E-state index in [9.17, 15) is 19.8 Å². The minimum atomic E-state index is -0.377. The summed E-state index contributed by atoms with van der Waals surface area (Å²) in [5, 5.41) is 20.4. The lowest BCUT2D eigenvalue weighted by Gasteiger charge is -2.23. The Balaban J connectivity index is 1.90. The summed E-state index contributed by atoms with van der Waals surface area (Å²) < 4.78 is 0. The molecule has 0 radical (unpaired) electrons. The van der Waals surface area contributed by atoms with Crippen molar-refractivity contribution in [3.8, 4) is 11.5 Å². The molecule has 1 heterocycles. The second-order valence-corrected chi connectivity index (χ2v) is 7.27. The van der Waals surface area contributed by atoms with E-state index in [1.807, 2.05) is 38.1 Å². The van der Waals surface area contributed by atoms with Crippen LogP contribution < -0.4 is 0 Å². The summed E-state index contributed by atoms with van der Waals surface area (Å²) in [5.41, 5.74) is 2.18. The molecule has 2 N–H and O–H groups in total. The summed E-state index contributed by atoms with van der Waals surface area (Å²) in [7, 11) is 1.66. The standard InChI is InChI=1S/C22H26N2O4/c1-4-5-10-23(3)21(27)17-11-18(20(26)12-19(17)25)22(28)24-13-15-8-6-7-9-16(15)14(24)2/h6-9,11-12,14,25-26H,4-5,10,13H2,1-3H3. The maximum absolute atomic E-state index is 13.1. The van der Waals surface area contributed by atoms with Gasteiger partial charge >= 0.3 is 0 Å². The summed E-state index contributed by atoms with van der Waals surface area (Å²) >= 11 is 0. The van der Waals surface area contributed by atoms with Crippen molar-refractivity contribution >= 4 is 11.8 Å². The zero-order chi connectivity index (χ0) is 20.4. The average Bonchev–Trinajstić information content (AvgIpc) is 3.02. The monoisotopic (exact) mass is 382 g/mol. The molecule has 2 aromatic rings. The van der Waals surface area contributed by atoms with Gasteiger partial charge in [0.05, 0.1) is 17.2 Å². The van der Waals surface area contributed by atoms with Crippen LogP contribution in [0, 0.1) is 0 Å². The number of carbonyl (C=O) groups excluding carboxylic acids is 2. The van der Waals surface area contributed by atoms with Crippen molar-refractivity contribution < 1.29 is 19.8 Å². The molecule has 0 fully saturated rings. The predicted molar refractivity (Wildman–Crippen MR) is 106 cm³/mol. The second-order valence-electron chi connectivity index (χ2n) is 7.27. The summed E-state index contributed by atoms with van der Waals surface area (Å²) in [5.74, 6) is -1.41. The SMILES string of the molecule is CCCCN(C)C(=O)c1cc(C(=O)N2Cc3ccccc3C2C)c(O)cc1O. The van der Waals surface area contributed by atoms with E-state index in [1.54, 1.807) is 11.9 Å². The molecule has 148 valence electrons. The van der Waals surface area contributed by atoms with E-state index in [2.05, 4.69) is 0 Å². The highest BCUT2D eigenvalue weighted by Gasteiger charge is 2.32. The molecule has 3 rings (SSSR count). The van der Waals surface area contributed by atoms with Gasteiger partial charge in [-0.2, -0.15) is 0 Å². The molecule has 0 aromatic heterocycles. The van der Waals surface area contributed by atoms with Crippen LogP contribution in [0.15, 0.2) is 36.4 Å². The van der Waals surface area contributed by atoms with E-state index in [1.165, 1.54) is 11.0 Å². The van der Waals surface area contributed by atoms with Gasteiger partial charge < -0.3 is 20.0 Å². The van der Waals surface area contributed by atoms with Gasteiger partial charge in [0.15, 0.2) is 0 Å². The number of hydrogen-bond donors (Lipinski definition) is 2. The molecule has 1 atom stereocenters. The molecular weight excluding hydrogens is 356 g/mol. The van der Waals surface area contributed by atoms with Crippen molar-refractivity contribution in [1.29, 1.82) is 0 Å². The second kappa shape index (κ2) is 7.92. The Morgan fingerprint density at radius 1 is 1.14 bits per heavy atom. The Morgan fingerprint density at radius 2 is 1.82 bits per heavy atom. The minimum absolute atomic E-state index is 0.0177. The Kier molecular flexibility index (Phi) is 5.58. The molecule has 6 nitrogen and oxygen atoms in total. The number of unbranched alkanes of at least 4 members (excludes halogenated alkanes) is 1. The normalized spacial score (nSPS) is 15.4. The third kappa shape index (κ3) is 3.54. The first-order valence-electron chi connectivity index (χ1n) is 9.55. The Labute approximate surface area is 165 Å². The Morgan fingerprint density at radius 3 is 2.50 bits per heavy atom. The van der Waals surface area contributed by atoms with Crippen LogP contribution in [-0.4, -0.2) is 45.4 Å². The molecule has 0 saturated heterocycles. The van der Waals surface area contributed by atoms with Crippen molar-refractivity contribution in [2.24, 2.45) is 0 Å². The maximum atomic E-state index is 13.1. The molecule has 2 aromatic carbocycles. The van der Waals surface area contributed by atoms with Gasteiger partial charge in [0.25, 0.3) is 11.8 Å². The lowest BCUT2D eigenvalue weighted by molar-refractivity contribution is 0.0702. The first kappa shape index (κ1) is 19.7. The molecule has 0 spiro atoms. The molecule has 2 amide bonds. The van der Waals surface area contributed by atoms with Gasteiger partial charge in [-0.15, -0.1) is 0 Å². The van der Waals surface area contributed by atoms with Crippen molar-refractivity contribution in [3.63, 3.8) is 0 Å². The molecule has 1 aliphatic heterocycles. The van der Waals surface area contributed by atoms with Gasteiger partial charge in [0, 0.05) is 26.2 Å². The Hall–Kier alpha value is -3.02. The van der Waals surface area contributed by atoms with Gasteiger partial charge in [-0.05, 0) is 30.5 Å². The maximum Gasteiger partial charge on any atom is 0.258 e. The number of carbonyl (C=O) groups is 2. The van der Waals surface area contributed by atoms with Crippen LogP contribution in [0.5, 0.6) is 11.5 Å². The van der Waals surface area contributed by atoms with Gasteiger partial charge in [0.2, 0.25) is 0 Å². The molecule has 0 saturated carbocycles. The lowest BCUT2D eigenvalue weighted by Crippen LogP contribution is -2.30. The van der Waals surface area contributed by atoms with E-state index in [4.69, 9.17) is 0 Å². The number of phenols is 2. The van der Waals surface area contributed by atoms with Crippen molar-refractivity contribution in [2.45, 2.75) is 39.3 Å². The molecule has 28 heavy (non-hydrogen) atoms. The molecule has 0 aliphatic carbocycles. The van der Waals surface area contributed by atoms with Crippen LogP contribution >= 0.6 is 0 Å². The molecule has 1 unspecified atom stereocenters. The fourth-order valence-corrected chi connectivity index (χ4v) is 3.60. The first-order chi connectivity index (χ1) is 13.3. The smallest absolute Gasteiger partial charge is 0.258 e. The van der Waals surface area contributed by atoms with Gasteiger partial charge in [-0.25, -0.2) is 0 Å². The van der Waals surface area contributed by atoms with Crippen molar-refractivity contribution in [3.05, 3.63) is 58.7 Å². The molecule has 6 heteroatoms. The van der Waals surface area contributed by atoms with Crippen LogP contribution in [0.25, 0.3) is 0 Å². The number of amides is 2. The van der Waals surface area contributed by atoms with Gasteiger partial charge in [-0.1, -0.05) is 37.6 Å². The van der Waals surface area contributed by atoms with Crippen molar-refractivity contribution in [1.82, 2.24) is 9.80 Å². The van der Waals surface area contributed by atoms with E-state index in [0.29, 0.717) is 13.1 Å². The highest BCUT2D eigenvalue weighted by Crippen LogP contribution is 2.36. The number of rotatable bonds is 5. The first-order valence-corrected chi connectivity index (χ1v) is 9.55. The van der Waals surface area contributed by atoms with Crippen LogP contribution in [-0.2, 0) is 6.54 Å². The van der Waals surface area contributed by atoms with Gasteiger partial charge in [-0.3, -0.25) is 9.59 Å². The lowest BCUT2D eigenvalue weighted by atomic mass is 10.0. The quantitative estimate of drug-likeness (QED) is 0.826. The highest BCUT2D eigenvalue weighted by atomic mass is 16.3. The minimum Gasteiger partial charge on any atom is -0.507 e. The largest absolute Gasteiger partial charge is 0.507 e. The summed E-state index contributed by atoms with van der Waals surface area (Å²) in [6, 6.07) is 10.1. The van der Waals surface area contributed by atoms with E-state index >= 15 is 0 Å². The van der Waals surface area contributed by atoms with E-state index < -0.39 is 0 Å². The number of aromatic hydroxyl groups is 2.